The monoisotopic (exact) mass is 97.1 g/mol. The van der Waals surface area contributed by atoms with Crippen molar-refractivity contribution < 1.29 is 0 Å². The summed E-state index contributed by atoms with van der Waals surface area (Å²) in [5.74, 6) is 2.65. The van der Waals surface area contributed by atoms with Crippen LogP contribution in [-0.4, -0.2) is 0 Å². The second-order valence-electron chi connectivity index (χ2n) is 2.67. The first-order chi connectivity index (χ1) is 3.30. The zero-order valence-electron chi connectivity index (χ0n) is 5.20. The van der Waals surface area contributed by atoms with Crippen LogP contribution in [0.4, 0.5) is 0 Å². The largest absolute Gasteiger partial charge is 0.0946 e. The predicted octanol–water partition coefficient (Wildman–Crippen LogP) is 2.40. The fraction of sp³-hybridized carbons (Fsp3) is 0.857. The van der Waals surface area contributed by atoms with E-state index in [-0.39, 0.29) is 0 Å². The van der Waals surface area contributed by atoms with Crippen molar-refractivity contribution in [2.75, 3.05) is 0 Å². The molecule has 1 rings (SSSR count). The molecule has 1 saturated carbocycles. The Morgan fingerprint density at radius 2 is 1.86 bits per heavy atom. The minimum atomic E-state index is 0.869. The third-order valence-electron chi connectivity index (χ3n) is 1.81. The second-order valence-corrected chi connectivity index (χ2v) is 2.67. The molecule has 0 aromatic rings. The van der Waals surface area contributed by atoms with E-state index in [2.05, 4.69) is 13.8 Å². The molecule has 7 heavy (non-hydrogen) atoms. The Bertz CT molecular complexity index is 51.1. The van der Waals surface area contributed by atoms with E-state index >= 15 is 0 Å². The Morgan fingerprint density at radius 3 is 1.86 bits per heavy atom. The van der Waals surface area contributed by atoms with Gasteiger partial charge in [0.2, 0.25) is 0 Å². The Hall–Kier alpha value is -0.130. The van der Waals surface area contributed by atoms with Crippen LogP contribution in [0.3, 0.4) is 0 Å². The molecule has 0 amide bonds. The fourth-order valence-corrected chi connectivity index (χ4v) is 0.958. The van der Waals surface area contributed by atoms with Gasteiger partial charge in [-0.05, 0) is 13.8 Å². The van der Waals surface area contributed by atoms with Gasteiger partial charge in [-0.25, -0.2) is 0 Å². The highest BCUT2D eigenvalue weighted by Gasteiger charge is 2.32. The Kier molecular flexibility index (Phi) is 1.27. The summed E-state index contributed by atoms with van der Waals surface area (Å²) in [6, 6.07) is 0. The molecule has 0 heteroatoms. The van der Waals surface area contributed by atoms with Crippen LogP contribution in [0.5, 0.6) is 0 Å². The summed E-state index contributed by atoms with van der Waals surface area (Å²) < 4.78 is 0. The normalized spacial score (nSPS) is 20.1. The SMILES string of the molecule is CC(C)[C+]1CCC1. The van der Waals surface area contributed by atoms with E-state index in [0.717, 1.165) is 5.92 Å². The van der Waals surface area contributed by atoms with Gasteiger partial charge in [-0.3, -0.25) is 0 Å². The molecule has 0 spiro atoms. The number of hydrogen-bond donors (Lipinski definition) is 0. The summed E-state index contributed by atoms with van der Waals surface area (Å²) in [4.78, 5) is 0. The topological polar surface area (TPSA) is 0 Å². The van der Waals surface area contributed by atoms with Crippen LogP contribution in [0.25, 0.3) is 0 Å². The summed E-state index contributed by atoms with van der Waals surface area (Å²) in [6.07, 6.45) is 4.28. The first-order valence-electron chi connectivity index (χ1n) is 3.15. The van der Waals surface area contributed by atoms with Crippen molar-refractivity contribution in [2.24, 2.45) is 5.92 Å². The van der Waals surface area contributed by atoms with Crippen LogP contribution < -0.4 is 0 Å². The van der Waals surface area contributed by atoms with Crippen LogP contribution >= 0.6 is 0 Å². The molecule has 0 atom stereocenters. The van der Waals surface area contributed by atoms with Gasteiger partial charge in [-0.2, -0.15) is 0 Å². The number of rotatable bonds is 1. The van der Waals surface area contributed by atoms with Crippen LogP contribution in [0, 0.1) is 11.8 Å². The van der Waals surface area contributed by atoms with Crippen molar-refractivity contribution in [3.05, 3.63) is 5.92 Å². The predicted molar refractivity (Wildman–Crippen MR) is 31.9 cm³/mol. The van der Waals surface area contributed by atoms with Crippen molar-refractivity contribution in [3.8, 4) is 0 Å². The highest BCUT2D eigenvalue weighted by atomic mass is 14.3. The van der Waals surface area contributed by atoms with Gasteiger partial charge in [0.25, 0.3) is 0 Å². The molecule has 0 N–H and O–H groups in total. The van der Waals surface area contributed by atoms with Crippen molar-refractivity contribution in [3.63, 3.8) is 0 Å². The maximum absolute atomic E-state index is 2.29. The van der Waals surface area contributed by atoms with Crippen molar-refractivity contribution in [2.45, 2.75) is 33.1 Å². The van der Waals surface area contributed by atoms with Crippen LogP contribution in [-0.2, 0) is 0 Å². The molecule has 1 fully saturated rings. The van der Waals surface area contributed by atoms with E-state index in [4.69, 9.17) is 0 Å². The third kappa shape index (κ3) is 0.902. The molecule has 0 radical (unpaired) electrons. The fourth-order valence-electron chi connectivity index (χ4n) is 0.958. The van der Waals surface area contributed by atoms with E-state index in [1.54, 1.807) is 5.92 Å². The lowest BCUT2D eigenvalue weighted by atomic mass is 9.78. The van der Waals surface area contributed by atoms with Gasteiger partial charge in [0.15, 0.2) is 0 Å². The average molecular weight is 97.2 g/mol. The summed E-state index contributed by atoms with van der Waals surface area (Å²) in [5.41, 5.74) is 0. The first kappa shape index (κ1) is 5.02. The first-order valence-corrected chi connectivity index (χ1v) is 3.15. The third-order valence-corrected chi connectivity index (χ3v) is 1.81. The van der Waals surface area contributed by atoms with Gasteiger partial charge in [0.05, 0.1) is 24.7 Å². The quantitative estimate of drug-likeness (QED) is 0.441. The van der Waals surface area contributed by atoms with Crippen LogP contribution in [0.2, 0.25) is 0 Å². The molecule has 0 unspecified atom stereocenters. The van der Waals surface area contributed by atoms with E-state index in [1.807, 2.05) is 0 Å². The summed E-state index contributed by atoms with van der Waals surface area (Å²) in [6.45, 7) is 4.57. The molecule has 0 aromatic heterocycles. The van der Waals surface area contributed by atoms with Gasteiger partial charge in [-0.15, -0.1) is 0 Å². The van der Waals surface area contributed by atoms with Crippen molar-refractivity contribution in [1.29, 1.82) is 0 Å². The Labute approximate surface area is 45.9 Å². The molecule has 1 aliphatic rings. The minimum absolute atomic E-state index is 0.869. The van der Waals surface area contributed by atoms with Gasteiger partial charge < -0.3 is 0 Å². The number of hydrogen-bond acceptors (Lipinski definition) is 0. The van der Waals surface area contributed by atoms with Crippen LogP contribution in [0.1, 0.15) is 33.1 Å². The maximum Gasteiger partial charge on any atom is 0.0946 e. The molecular formula is C7H13+. The molecule has 0 heterocycles. The van der Waals surface area contributed by atoms with Gasteiger partial charge in [0.1, 0.15) is 0 Å². The lowest BCUT2D eigenvalue weighted by Crippen LogP contribution is -2.14. The molecule has 1 aliphatic carbocycles. The standard InChI is InChI=1S/C7H13/c1-6(2)7-4-3-5-7/h6H,3-5H2,1-2H3/q+1. The minimum Gasteiger partial charge on any atom is -0.0216 e. The molecular weight excluding hydrogens is 84.1 g/mol. The smallest absolute Gasteiger partial charge is 0.0216 e. The average Bonchev–Trinajstić information content (AvgIpc) is 1.23. The van der Waals surface area contributed by atoms with E-state index in [1.165, 1.54) is 19.3 Å². The van der Waals surface area contributed by atoms with Crippen LogP contribution in [0.15, 0.2) is 0 Å². The summed E-state index contributed by atoms with van der Waals surface area (Å²) in [7, 11) is 0. The summed E-state index contributed by atoms with van der Waals surface area (Å²) in [5, 5.41) is 0. The Balaban J connectivity index is 2.14. The van der Waals surface area contributed by atoms with Gasteiger partial charge in [0, 0.05) is 6.42 Å². The molecule has 0 aliphatic heterocycles. The van der Waals surface area contributed by atoms with Gasteiger partial charge >= 0.3 is 0 Å². The van der Waals surface area contributed by atoms with E-state index in [0.29, 0.717) is 0 Å². The van der Waals surface area contributed by atoms with Crippen molar-refractivity contribution in [1.82, 2.24) is 0 Å². The zero-order chi connectivity index (χ0) is 5.28. The highest BCUT2D eigenvalue weighted by Crippen LogP contribution is 2.34. The lowest BCUT2D eigenvalue weighted by molar-refractivity contribution is 0.441. The van der Waals surface area contributed by atoms with Crippen molar-refractivity contribution >= 4 is 0 Å². The second kappa shape index (κ2) is 1.77. The molecule has 40 valence electrons. The van der Waals surface area contributed by atoms with E-state index < -0.39 is 0 Å². The molecule has 0 bridgehead atoms. The molecule has 0 nitrogen and oxygen atoms in total. The highest BCUT2D eigenvalue weighted by molar-refractivity contribution is 5.00. The molecule has 0 aromatic carbocycles. The summed E-state index contributed by atoms with van der Waals surface area (Å²) >= 11 is 0. The van der Waals surface area contributed by atoms with E-state index in [9.17, 15) is 0 Å². The Morgan fingerprint density at radius 1 is 1.29 bits per heavy atom. The molecule has 0 saturated heterocycles. The lowest BCUT2D eigenvalue weighted by Gasteiger charge is -2.16. The zero-order valence-corrected chi connectivity index (χ0v) is 5.20. The van der Waals surface area contributed by atoms with Gasteiger partial charge in [-0.1, -0.05) is 0 Å². The maximum atomic E-state index is 2.29.